The van der Waals surface area contributed by atoms with Gasteiger partial charge in [0.1, 0.15) is 5.75 Å². The summed E-state index contributed by atoms with van der Waals surface area (Å²) in [5.41, 5.74) is 0. The molecule has 1 atom stereocenters. The van der Waals surface area contributed by atoms with Crippen LogP contribution in [0.5, 0.6) is 5.75 Å². The van der Waals surface area contributed by atoms with Crippen molar-refractivity contribution in [3.63, 3.8) is 0 Å². The summed E-state index contributed by atoms with van der Waals surface area (Å²) in [7, 11) is -0.844. The molecule has 0 saturated heterocycles. The van der Waals surface area contributed by atoms with Crippen molar-refractivity contribution in [3.8, 4) is 5.75 Å². The van der Waals surface area contributed by atoms with Crippen molar-refractivity contribution >= 4 is 65.6 Å². The molecule has 0 fully saturated rings. The van der Waals surface area contributed by atoms with Crippen molar-refractivity contribution in [1.29, 1.82) is 0 Å². The molecule has 0 spiro atoms. The van der Waals surface area contributed by atoms with Gasteiger partial charge in [-0.05, 0) is 37.8 Å². The normalized spacial score (nSPS) is 10.0. The maximum atomic E-state index is 14.3. The van der Waals surface area contributed by atoms with Crippen molar-refractivity contribution in [2.45, 2.75) is 20.8 Å². The van der Waals surface area contributed by atoms with E-state index in [4.69, 9.17) is 34.4 Å². The molecule has 0 aliphatic carbocycles. The van der Waals surface area contributed by atoms with E-state index in [1.54, 1.807) is 55.6 Å². The number of rotatable bonds is 7. The van der Waals surface area contributed by atoms with Crippen molar-refractivity contribution in [3.05, 3.63) is 175 Å². The molecular formula is C43H38F5O7P2Rh2-. The van der Waals surface area contributed by atoms with E-state index in [1.807, 2.05) is 12.1 Å². The number of hydrogen-bond donors (Lipinski definition) is 3. The van der Waals surface area contributed by atoms with Crippen LogP contribution in [0.15, 0.2) is 140 Å². The Hall–Kier alpha value is -4.71. The molecule has 0 heterocycles. The van der Waals surface area contributed by atoms with Crippen molar-refractivity contribution < 1.29 is 95.3 Å². The first-order valence-electron chi connectivity index (χ1n) is 16.6. The standard InChI is InChI=1S/C19H17OP.C18H9F5P.3C2H4O2.2Rh/c1-20-18-14-8-9-15-19(18)21(16-10-4-2-5-11-16)17-12-6-3-7-13-17;19-13-14(20)16(22)18(17(23)15(13)21)24(11-7-3-1-4-8-11)12-9-5-2-6-10-12;3*1-2(3)4;;/h2-15H,1H3;1-9H;3*1H3,(H,3,4);;/q;-1;;;;;. The molecule has 59 heavy (non-hydrogen) atoms. The van der Waals surface area contributed by atoms with E-state index < -0.39 is 68.1 Å². The molecule has 0 saturated carbocycles. The van der Waals surface area contributed by atoms with Gasteiger partial charge in [0.15, 0.2) is 23.3 Å². The molecule has 1 unspecified atom stereocenters. The Morgan fingerprint density at radius 2 is 0.814 bits per heavy atom. The van der Waals surface area contributed by atoms with Crippen LogP contribution in [0.25, 0.3) is 0 Å². The van der Waals surface area contributed by atoms with E-state index in [9.17, 15) is 22.0 Å². The summed E-state index contributed by atoms with van der Waals surface area (Å²) in [5.74, 6) is -11.2. The first kappa shape index (κ1) is 54.3. The smallest absolute Gasteiger partial charge is 0.300 e. The number of methoxy groups -OCH3 is 1. The zero-order chi connectivity index (χ0) is 42.5. The van der Waals surface area contributed by atoms with E-state index in [0.29, 0.717) is 10.6 Å². The average Bonchev–Trinajstić information content (AvgIpc) is 3.19. The molecule has 3 N–H and O–H groups in total. The number of hydrogen-bond acceptors (Lipinski definition) is 4. The predicted molar refractivity (Wildman–Crippen MR) is 215 cm³/mol. The zero-order valence-corrected chi connectivity index (χ0v) is 36.8. The van der Waals surface area contributed by atoms with Crippen LogP contribution in [0.3, 0.4) is 0 Å². The Morgan fingerprint density at radius 3 is 1.17 bits per heavy atom. The summed E-state index contributed by atoms with van der Waals surface area (Å²) in [6.45, 7) is 3.25. The average molecular weight is 1030 g/mol. The molecule has 0 aliphatic rings. The van der Waals surface area contributed by atoms with Crippen LogP contribution in [0, 0.1) is 35.2 Å². The molecule has 0 bridgehead atoms. The summed E-state index contributed by atoms with van der Waals surface area (Å²) >= 11 is 0. The van der Waals surface area contributed by atoms with Crippen LogP contribution in [-0.2, 0) is 53.3 Å². The molecular weight excluding hydrogens is 991 g/mol. The minimum absolute atomic E-state index is 0. The quantitative estimate of drug-likeness (QED) is 0.0375. The number of aliphatic carboxylic acids is 3. The van der Waals surface area contributed by atoms with Gasteiger partial charge in [-0.15, -0.1) is 5.30 Å². The number of carboxylic acids is 3. The van der Waals surface area contributed by atoms with Crippen LogP contribution in [0.4, 0.5) is 22.0 Å². The predicted octanol–water partition coefficient (Wildman–Crippen LogP) is 7.66. The fourth-order valence-corrected chi connectivity index (χ4v) is 9.37. The van der Waals surface area contributed by atoms with E-state index >= 15 is 0 Å². The van der Waals surface area contributed by atoms with Gasteiger partial charge in [-0.25, -0.2) is 22.0 Å². The van der Waals surface area contributed by atoms with Crippen LogP contribution in [0.1, 0.15) is 20.8 Å². The molecule has 6 rings (SSSR count). The van der Waals surface area contributed by atoms with Crippen LogP contribution >= 0.6 is 15.8 Å². The van der Waals surface area contributed by atoms with Gasteiger partial charge < -0.3 is 20.1 Å². The van der Waals surface area contributed by atoms with Gasteiger partial charge in [-0.2, -0.15) is 30.3 Å². The summed E-state index contributed by atoms with van der Waals surface area (Å²) in [4.78, 5) is 27.0. The summed E-state index contributed by atoms with van der Waals surface area (Å²) < 4.78 is 74.8. The topological polar surface area (TPSA) is 121 Å². The van der Waals surface area contributed by atoms with Gasteiger partial charge in [0.05, 0.1) is 12.4 Å². The van der Waals surface area contributed by atoms with E-state index in [1.165, 1.54) is 22.0 Å². The Bertz CT molecular complexity index is 2030. The largest absolute Gasteiger partial charge is 0.496 e. The Balaban J connectivity index is 0.000000877. The van der Waals surface area contributed by atoms with Crippen LogP contribution in [-0.4, -0.2) is 40.3 Å². The molecule has 0 aliphatic heterocycles. The van der Waals surface area contributed by atoms with Crippen LogP contribution in [0.2, 0.25) is 0 Å². The second-order valence-electron chi connectivity index (χ2n) is 11.1. The number of carboxylic acid groups (broad SMARTS) is 3. The summed E-state index contributed by atoms with van der Waals surface area (Å²) in [6.07, 6.45) is 0. The molecule has 6 aromatic rings. The molecule has 7 nitrogen and oxygen atoms in total. The fraction of sp³-hybridized carbons (Fsp3) is 0.0930. The summed E-state index contributed by atoms with van der Waals surface area (Å²) in [5, 5.41) is 26.2. The third-order valence-corrected chi connectivity index (χ3v) is 11.6. The second-order valence-corrected chi connectivity index (χ2v) is 15.4. The molecule has 0 aromatic heterocycles. The van der Waals surface area contributed by atoms with E-state index in [2.05, 4.69) is 78.9 Å². The molecule has 316 valence electrons. The maximum absolute atomic E-state index is 14.3. The first-order chi connectivity index (χ1) is 27.1. The number of para-hydroxylation sites is 1. The fourth-order valence-electron chi connectivity index (χ4n) is 4.67. The Kier molecular flexibility index (Phi) is 26.4. The molecule has 0 amide bonds. The second kappa shape index (κ2) is 28.7. The van der Waals surface area contributed by atoms with Gasteiger partial charge >= 0.3 is 0 Å². The SMILES string of the molecule is CC(=O)O.CC(=O)O.CC(=O)O.COc1ccccc1P(c1ccccc1)c1ccccc1.Fc1c(F)c(F)c(P(c2[c-]cccc2)c2ccccc2)c(F)c1F.[Rh].[Rh]. The number of benzene rings is 6. The first-order valence-corrected chi connectivity index (χ1v) is 19.3. The van der Waals surface area contributed by atoms with Crippen LogP contribution < -0.4 is 36.6 Å². The zero-order valence-electron chi connectivity index (χ0n) is 31.7. The third kappa shape index (κ3) is 18.0. The van der Waals surface area contributed by atoms with Crippen molar-refractivity contribution in [1.82, 2.24) is 0 Å². The third-order valence-electron chi connectivity index (χ3n) is 6.71. The van der Waals surface area contributed by atoms with Gasteiger partial charge in [0.25, 0.3) is 17.9 Å². The van der Waals surface area contributed by atoms with E-state index in [-0.39, 0.29) is 39.0 Å². The van der Waals surface area contributed by atoms with Crippen molar-refractivity contribution in [2.24, 2.45) is 0 Å². The van der Waals surface area contributed by atoms with Gasteiger partial charge in [0, 0.05) is 65.0 Å². The van der Waals surface area contributed by atoms with E-state index in [0.717, 1.165) is 26.5 Å². The van der Waals surface area contributed by atoms with Gasteiger partial charge in [-0.1, -0.05) is 109 Å². The minimum atomic E-state index is -2.16. The maximum Gasteiger partial charge on any atom is 0.300 e. The number of ether oxygens (including phenoxy) is 1. The van der Waals surface area contributed by atoms with Crippen molar-refractivity contribution in [2.75, 3.05) is 7.11 Å². The molecule has 2 radical (unpaired) electrons. The Labute approximate surface area is 367 Å². The molecule has 16 heteroatoms. The monoisotopic (exact) mass is 1030 g/mol. The number of carbonyl (C=O) groups is 3. The van der Waals surface area contributed by atoms with Gasteiger partial charge in [0.2, 0.25) is 5.82 Å². The minimum Gasteiger partial charge on any atom is -0.496 e. The summed E-state index contributed by atoms with van der Waals surface area (Å²) in [6, 6.07) is 47.0. The Morgan fingerprint density at radius 1 is 0.492 bits per heavy atom. The van der Waals surface area contributed by atoms with Gasteiger partial charge in [-0.3, -0.25) is 14.4 Å². The number of halogens is 5. The molecule has 6 aromatic carbocycles.